The standard InChI is InChI=1S/C15H21NO2/c1-18-14-9-5-4-8-13(14)11-16-15(17)10-12-6-2-3-7-12/h4-5,8-9,12H,2-3,6-7,10-11H2,1H3,(H,16,17). The van der Waals surface area contributed by atoms with Crippen LogP contribution >= 0.6 is 0 Å². The molecule has 0 aromatic heterocycles. The lowest BCUT2D eigenvalue weighted by Crippen LogP contribution is -2.24. The van der Waals surface area contributed by atoms with Gasteiger partial charge in [0.1, 0.15) is 5.75 Å². The Kier molecular flexibility index (Phi) is 4.62. The molecule has 0 radical (unpaired) electrons. The zero-order chi connectivity index (χ0) is 12.8. The highest BCUT2D eigenvalue weighted by Crippen LogP contribution is 2.27. The average Bonchev–Trinajstić information content (AvgIpc) is 2.89. The summed E-state index contributed by atoms with van der Waals surface area (Å²) in [6.45, 7) is 0.551. The van der Waals surface area contributed by atoms with Gasteiger partial charge in [-0.15, -0.1) is 0 Å². The van der Waals surface area contributed by atoms with Gasteiger partial charge in [-0.2, -0.15) is 0 Å². The third kappa shape index (κ3) is 3.49. The fraction of sp³-hybridized carbons (Fsp3) is 0.533. The van der Waals surface area contributed by atoms with Crippen molar-refractivity contribution in [2.45, 2.75) is 38.6 Å². The van der Waals surface area contributed by atoms with Gasteiger partial charge < -0.3 is 10.1 Å². The van der Waals surface area contributed by atoms with Crippen LogP contribution in [0.15, 0.2) is 24.3 Å². The van der Waals surface area contributed by atoms with Gasteiger partial charge in [0, 0.05) is 18.5 Å². The van der Waals surface area contributed by atoms with Crippen molar-refractivity contribution >= 4 is 5.91 Å². The Morgan fingerprint density at radius 1 is 1.33 bits per heavy atom. The maximum atomic E-state index is 11.8. The van der Waals surface area contributed by atoms with Crippen LogP contribution in [0.4, 0.5) is 0 Å². The Morgan fingerprint density at radius 2 is 2.06 bits per heavy atom. The van der Waals surface area contributed by atoms with E-state index in [4.69, 9.17) is 4.74 Å². The second kappa shape index (κ2) is 6.43. The molecule has 0 saturated heterocycles. The van der Waals surface area contributed by atoms with Gasteiger partial charge >= 0.3 is 0 Å². The maximum Gasteiger partial charge on any atom is 0.220 e. The Balaban J connectivity index is 1.81. The van der Waals surface area contributed by atoms with E-state index in [1.807, 2.05) is 24.3 Å². The molecule has 0 aliphatic heterocycles. The van der Waals surface area contributed by atoms with Crippen molar-refractivity contribution in [2.24, 2.45) is 5.92 Å². The molecule has 0 unspecified atom stereocenters. The van der Waals surface area contributed by atoms with E-state index in [2.05, 4.69) is 5.32 Å². The first-order valence-electron chi connectivity index (χ1n) is 6.68. The number of hydrogen-bond donors (Lipinski definition) is 1. The van der Waals surface area contributed by atoms with Crippen molar-refractivity contribution < 1.29 is 9.53 Å². The number of carbonyl (C=O) groups is 1. The third-order valence-electron chi connectivity index (χ3n) is 3.62. The van der Waals surface area contributed by atoms with Gasteiger partial charge in [-0.25, -0.2) is 0 Å². The highest BCUT2D eigenvalue weighted by molar-refractivity contribution is 5.76. The van der Waals surface area contributed by atoms with Crippen LogP contribution in [0.25, 0.3) is 0 Å². The van der Waals surface area contributed by atoms with Gasteiger partial charge in [0.2, 0.25) is 5.91 Å². The number of rotatable bonds is 5. The summed E-state index contributed by atoms with van der Waals surface area (Å²) in [5.74, 6) is 1.59. The van der Waals surface area contributed by atoms with Crippen molar-refractivity contribution in [1.29, 1.82) is 0 Å². The monoisotopic (exact) mass is 247 g/mol. The number of carbonyl (C=O) groups excluding carboxylic acids is 1. The van der Waals surface area contributed by atoms with Crippen LogP contribution in [0.2, 0.25) is 0 Å². The summed E-state index contributed by atoms with van der Waals surface area (Å²) in [5.41, 5.74) is 1.03. The minimum absolute atomic E-state index is 0.160. The van der Waals surface area contributed by atoms with Gasteiger partial charge in [0.15, 0.2) is 0 Å². The molecule has 1 aromatic rings. The lowest BCUT2D eigenvalue weighted by Gasteiger charge is -2.11. The van der Waals surface area contributed by atoms with Crippen molar-refractivity contribution in [3.63, 3.8) is 0 Å². The van der Waals surface area contributed by atoms with Crippen LogP contribution < -0.4 is 10.1 Å². The molecule has 98 valence electrons. The summed E-state index contributed by atoms with van der Waals surface area (Å²) in [6.07, 6.45) is 5.66. The normalized spacial score (nSPS) is 15.6. The molecule has 1 aliphatic carbocycles. The molecule has 0 heterocycles. The maximum absolute atomic E-state index is 11.8. The molecule has 3 heteroatoms. The Labute approximate surface area is 109 Å². The number of nitrogens with one attached hydrogen (secondary N) is 1. The molecule has 0 spiro atoms. The first kappa shape index (κ1) is 12.9. The molecule has 1 amide bonds. The van der Waals surface area contributed by atoms with Gasteiger partial charge in [-0.05, 0) is 24.8 Å². The molecule has 1 aliphatic rings. The minimum atomic E-state index is 0.160. The van der Waals surface area contributed by atoms with E-state index in [1.54, 1.807) is 7.11 Å². The third-order valence-corrected chi connectivity index (χ3v) is 3.62. The van der Waals surface area contributed by atoms with Gasteiger partial charge in [0.05, 0.1) is 7.11 Å². The lowest BCUT2D eigenvalue weighted by molar-refractivity contribution is -0.122. The summed E-state index contributed by atoms with van der Waals surface area (Å²) in [4.78, 5) is 11.8. The molecule has 1 saturated carbocycles. The summed E-state index contributed by atoms with van der Waals surface area (Å²) in [7, 11) is 1.65. The SMILES string of the molecule is COc1ccccc1CNC(=O)CC1CCCC1. The average molecular weight is 247 g/mol. The number of methoxy groups -OCH3 is 1. The number of ether oxygens (including phenoxy) is 1. The molecular weight excluding hydrogens is 226 g/mol. The van der Waals surface area contributed by atoms with Crippen LogP contribution in [-0.2, 0) is 11.3 Å². The molecular formula is C15H21NO2. The quantitative estimate of drug-likeness (QED) is 0.868. The van der Waals surface area contributed by atoms with Gasteiger partial charge in [0.25, 0.3) is 0 Å². The Bertz CT molecular complexity index is 397. The topological polar surface area (TPSA) is 38.3 Å². The number of benzene rings is 1. The smallest absolute Gasteiger partial charge is 0.220 e. The van der Waals surface area contributed by atoms with Crippen molar-refractivity contribution in [3.05, 3.63) is 29.8 Å². The first-order chi connectivity index (χ1) is 8.79. The highest BCUT2D eigenvalue weighted by atomic mass is 16.5. The molecule has 1 N–H and O–H groups in total. The zero-order valence-electron chi connectivity index (χ0n) is 10.9. The second-order valence-corrected chi connectivity index (χ2v) is 4.94. The summed E-state index contributed by atoms with van der Waals surface area (Å²) in [6, 6.07) is 7.79. The summed E-state index contributed by atoms with van der Waals surface area (Å²) < 4.78 is 5.26. The van der Waals surface area contributed by atoms with Gasteiger partial charge in [-0.1, -0.05) is 31.0 Å². The molecule has 18 heavy (non-hydrogen) atoms. The fourth-order valence-corrected chi connectivity index (χ4v) is 2.59. The van der Waals surface area contributed by atoms with Crippen molar-refractivity contribution in [1.82, 2.24) is 5.32 Å². The van der Waals surface area contributed by atoms with Crippen LogP contribution in [0.3, 0.4) is 0 Å². The van der Waals surface area contributed by atoms with E-state index in [0.29, 0.717) is 18.9 Å². The molecule has 0 atom stereocenters. The minimum Gasteiger partial charge on any atom is -0.496 e. The molecule has 3 nitrogen and oxygen atoms in total. The second-order valence-electron chi connectivity index (χ2n) is 4.94. The molecule has 2 rings (SSSR count). The fourth-order valence-electron chi connectivity index (χ4n) is 2.59. The van der Waals surface area contributed by atoms with Crippen LogP contribution in [0.5, 0.6) is 5.75 Å². The van der Waals surface area contributed by atoms with Gasteiger partial charge in [-0.3, -0.25) is 4.79 Å². The predicted octanol–water partition coefficient (Wildman–Crippen LogP) is 2.89. The summed E-state index contributed by atoms with van der Waals surface area (Å²) >= 11 is 0. The Morgan fingerprint density at radius 3 is 2.78 bits per heavy atom. The van der Waals surface area contributed by atoms with Crippen LogP contribution in [0, 0.1) is 5.92 Å². The van der Waals surface area contributed by atoms with Crippen LogP contribution in [-0.4, -0.2) is 13.0 Å². The largest absolute Gasteiger partial charge is 0.496 e. The number of amides is 1. The summed E-state index contributed by atoms with van der Waals surface area (Å²) in [5, 5.41) is 2.98. The van der Waals surface area contributed by atoms with Crippen molar-refractivity contribution in [3.8, 4) is 5.75 Å². The first-order valence-corrected chi connectivity index (χ1v) is 6.68. The Hall–Kier alpha value is -1.51. The van der Waals surface area contributed by atoms with E-state index in [-0.39, 0.29) is 5.91 Å². The van der Waals surface area contributed by atoms with E-state index in [9.17, 15) is 4.79 Å². The lowest BCUT2D eigenvalue weighted by atomic mass is 10.0. The molecule has 1 fully saturated rings. The molecule has 0 bridgehead atoms. The number of para-hydroxylation sites is 1. The highest BCUT2D eigenvalue weighted by Gasteiger charge is 2.18. The zero-order valence-corrected chi connectivity index (χ0v) is 10.9. The van der Waals surface area contributed by atoms with E-state index in [0.717, 1.165) is 11.3 Å². The van der Waals surface area contributed by atoms with E-state index in [1.165, 1.54) is 25.7 Å². The van der Waals surface area contributed by atoms with E-state index >= 15 is 0 Å². The van der Waals surface area contributed by atoms with E-state index < -0.39 is 0 Å². The predicted molar refractivity (Wildman–Crippen MR) is 71.4 cm³/mol. The number of hydrogen-bond acceptors (Lipinski definition) is 2. The molecule has 1 aromatic carbocycles. The van der Waals surface area contributed by atoms with Crippen LogP contribution in [0.1, 0.15) is 37.7 Å². The van der Waals surface area contributed by atoms with Crippen molar-refractivity contribution in [2.75, 3.05) is 7.11 Å².